The summed E-state index contributed by atoms with van der Waals surface area (Å²) in [5.41, 5.74) is 0. The summed E-state index contributed by atoms with van der Waals surface area (Å²) in [6, 6.07) is -0.235. The van der Waals surface area contributed by atoms with Gasteiger partial charge in [-0.1, -0.05) is 6.92 Å². The van der Waals surface area contributed by atoms with Crippen LogP contribution in [-0.4, -0.2) is 73.5 Å². The number of amides is 1. The van der Waals surface area contributed by atoms with Crippen molar-refractivity contribution in [2.24, 2.45) is 5.92 Å². The number of ether oxygens (including phenoxy) is 2. The van der Waals surface area contributed by atoms with Gasteiger partial charge in [0.05, 0.1) is 31.8 Å². The third kappa shape index (κ3) is 4.39. The van der Waals surface area contributed by atoms with E-state index in [1.54, 1.807) is 0 Å². The van der Waals surface area contributed by atoms with Crippen LogP contribution in [0.3, 0.4) is 0 Å². The average molecular weight is 300 g/mol. The fourth-order valence-corrected chi connectivity index (χ4v) is 2.88. The molecular formula is C14H24N2O5. The molecule has 7 nitrogen and oxygen atoms in total. The summed E-state index contributed by atoms with van der Waals surface area (Å²) >= 11 is 0. The summed E-state index contributed by atoms with van der Waals surface area (Å²) in [6.45, 7) is 4.61. The largest absolute Gasteiger partial charge is 0.481 e. The van der Waals surface area contributed by atoms with Crippen LogP contribution in [0.25, 0.3) is 0 Å². The molecule has 0 aromatic carbocycles. The van der Waals surface area contributed by atoms with E-state index in [4.69, 9.17) is 9.47 Å². The standard InChI is InChI=1S/C14H24N2O5/c1-2-16(12-9-20-8-11(12)14(18)19)7-13(17)15-6-10-4-3-5-21-10/h10-12H,2-9H2,1H3,(H,15,17)(H,18,19). The van der Waals surface area contributed by atoms with Crippen molar-refractivity contribution in [1.82, 2.24) is 10.2 Å². The molecule has 1 amide bonds. The first-order chi connectivity index (χ1) is 10.1. The van der Waals surface area contributed by atoms with Gasteiger partial charge in [-0.3, -0.25) is 14.5 Å². The van der Waals surface area contributed by atoms with Crippen LogP contribution in [0.2, 0.25) is 0 Å². The Morgan fingerprint density at radius 3 is 2.81 bits per heavy atom. The van der Waals surface area contributed by atoms with E-state index >= 15 is 0 Å². The van der Waals surface area contributed by atoms with Crippen LogP contribution in [-0.2, 0) is 19.1 Å². The lowest BCUT2D eigenvalue weighted by Gasteiger charge is -2.28. The summed E-state index contributed by atoms with van der Waals surface area (Å²) in [5.74, 6) is -1.52. The monoisotopic (exact) mass is 300 g/mol. The molecule has 7 heteroatoms. The molecule has 0 aromatic heterocycles. The smallest absolute Gasteiger partial charge is 0.310 e. The van der Waals surface area contributed by atoms with E-state index in [1.165, 1.54) is 0 Å². The minimum atomic E-state index is -0.865. The highest BCUT2D eigenvalue weighted by atomic mass is 16.5. The quantitative estimate of drug-likeness (QED) is 0.671. The summed E-state index contributed by atoms with van der Waals surface area (Å²) in [5, 5.41) is 12.0. The number of aliphatic carboxylic acids is 1. The zero-order chi connectivity index (χ0) is 15.2. The lowest BCUT2D eigenvalue weighted by molar-refractivity contribution is -0.143. The average Bonchev–Trinajstić information content (AvgIpc) is 3.13. The van der Waals surface area contributed by atoms with Gasteiger partial charge in [-0.2, -0.15) is 0 Å². The molecule has 2 aliphatic heterocycles. The van der Waals surface area contributed by atoms with Gasteiger partial charge in [0.15, 0.2) is 0 Å². The van der Waals surface area contributed by atoms with Crippen molar-refractivity contribution in [3.05, 3.63) is 0 Å². The molecule has 120 valence electrons. The molecule has 3 unspecified atom stereocenters. The van der Waals surface area contributed by atoms with Crippen LogP contribution in [0.5, 0.6) is 0 Å². The van der Waals surface area contributed by atoms with E-state index in [0.29, 0.717) is 19.7 Å². The third-order valence-corrected chi connectivity index (χ3v) is 4.14. The Morgan fingerprint density at radius 2 is 2.19 bits per heavy atom. The van der Waals surface area contributed by atoms with Crippen molar-refractivity contribution in [2.45, 2.75) is 31.9 Å². The molecular weight excluding hydrogens is 276 g/mol. The van der Waals surface area contributed by atoms with Gasteiger partial charge in [-0.25, -0.2) is 0 Å². The first-order valence-corrected chi connectivity index (χ1v) is 7.54. The van der Waals surface area contributed by atoms with E-state index in [0.717, 1.165) is 19.4 Å². The molecule has 21 heavy (non-hydrogen) atoms. The lowest BCUT2D eigenvalue weighted by Crippen LogP contribution is -2.48. The zero-order valence-electron chi connectivity index (χ0n) is 12.4. The van der Waals surface area contributed by atoms with E-state index in [2.05, 4.69) is 5.32 Å². The van der Waals surface area contributed by atoms with Crippen LogP contribution in [0, 0.1) is 5.92 Å². The van der Waals surface area contributed by atoms with Gasteiger partial charge in [-0.15, -0.1) is 0 Å². The van der Waals surface area contributed by atoms with Crippen molar-refractivity contribution in [3.8, 4) is 0 Å². The summed E-state index contributed by atoms with van der Waals surface area (Å²) in [4.78, 5) is 25.1. The summed E-state index contributed by atoms with van der Waals surface area (Å²) in [6.07, 6.45) is 2.14. The Labute approximate surface area is 124 Å². The Kier molecular flexibility index (Phi) is 5.96. The molecule has 0 aromatic rings. The van der Waals surface area contributed by atoms with Gasteiger partial charge in [-0.05, 0) is 19.4 Å². The third-order valence-electron chi connectivity index (χ3n) is 4.14. The molecule has 0 bridgehead atoms. The Bertz CT molecular complexity index is 370. The molecule has 0 saturated carbocycles. The SMILES string of the molecule is CCN(CC(=O)NCC1CCCO1)C1COCC1C(=O)O. The normalized spacial score (nSPS) is 29.0. The Balaban J connectivity index is 1.80. The number of hydrogen-bond donors (Lipinski definition) is 2. The highest BCUT2D eigenvalue weighted by molar-refractivity contribution is 5.78. The minimum Gasteiger partial charge on any atom is -0.481 e. The molecule has 0 spiro atoms. The molecule has 2 N–H and O–H groups in total. The number of nitrogens with zero attached hydrogens (tertiary/aromatic N) is 1. The fraction of sp³-hybridized carbons (Fsp3) is 0.857. The van der Waals surface area contributed by atoms with Gasteiger partial charge in [0.25, 0.3) is 0 Å². The highest BCUT2D eigenvalue weighted by Gasteiger charge is 2.38. The van der Waals surface area contributed by atoms with Crippen molar-refractivity contribution in [3.63, 3.8) is 0 Å². The zero-order valence-corrected chi connectivity index (χ0v) is 12.4. The number of carbonyl (C=O) groups excluding carboxylic acids is 1. The van der Waals surface area contributed by atoms with E-state index < -0.39 is 11.9 Å². The summed E-state index contributed by atoms with van der Waals surface area (Å²) in [7, 11) is 0. The number of nitrogens with one attached hydrogen (secondary N) is 1. The fourth-order valence-electron chi connectivity index (χ4n) is 2.88. The molecule has 2 saturated heterocycles. The first-order valence-electron chi connectivity index (χ1n) is 7.54. The predicted molar refractivity (Wildman–Crippen MR) is 75.0 cm³/mol. The number of carboxylic acids is 1. The molecule has 0 aliphatic carbocycles. The van der Waals surface area contributed by atoms with Gasteiger partial charge in [0.1, 0.15) is 0 Å². The van der Waals surface area contributed by atoms with Crippen LogP contribution in [0.15, 0.2) is 0 Å². The van der Waals surface area contributed by atoms with E-state index in [9.17, 15) is 14.7 Å². The second kappa shape index (κ2) is 7.72. The van der Waals surface area contributed by atoms with Crippen LogP contribution < -0.4 is 5.32 Å². The molecule has 2 heterocycles. The van der Waals surface area contributed by atoms with Crippen molar-refractivity contribution in [2.75, 3.05) is 39.5 Å². The molecule has 2 fully saturated rings. The summed E-state index contributed by atoms with van der Waals surface area (Å²) < 4.78 is 10.7. The second-order valence-electron chi connectivity index (χ2n) is 5.55. The van der Waals surface area contributed by atoms with Crippen LogP contribution >= 0.6 is 0 Å². The molecule has 0 radical (unpaired) electrons. The number of hydrogen-bond acceptors (Lipinski definition) is 5. The topological polar surface area (TPSA) is 88.1 Å². The number of rotatable bonds is 7. The maximum atomic E-state index is 12.0. The Hall–Kier alpha value is -1.18. The van der Waals surface area contributed by atoms with E-state index in [-0.39, 0.29) is 31.2 Å². The predicted octanol–water partition coefficient (Wildman–Crippen LogP) is -0.297. The number of carbonyl (C=O) groups is 2. The highest BCUT2D eigenvalue weighted by Crippen LogP contribution is 2.19. The van der Waals surface area contributed by atoms with Crippen molar-refractivity contribution < 1.29 is 24.2 Å². The Morgan fingerprint density at radius 1 is 1.38 bits per heavy atom. The van der Waals surface area contributed by atoms with Crippen LogP contribution in [0.1, 0.15) is 19.8 Å². The molecule has 2 rings (SSSR count). The van der Waals surface area contributed by atoms with Crippen LogP contribution in [0.4, 0.5) is 0 Å². The maximum absolute atomic E-state index is 12.0. The molecule has 2 aliphatic rings. The van der Waals surface area contributed by atoms with E-state index in [1.807, 2.05) is 11.8 Å². The number of carboxylic acid groups (broad SMARTS) is 1. The van der Waals surface area contributed by atoms with Gasteiger partial charge in [0, 0.05) is 19.2 Å². The second-order valence-corrected chi connectivity index (χ2v) is 5.55. The van der Waals surface area contributed by atoms with Gasteiger partial charge >= 0.3 is 5.97 Å². The lowest BCUT2D eigenvalue weighted by atomic mass is 10.0. The van der Waals surface area contributed by atoms with Gasteiger partial charge < -0.3 is 19.9 Å². The molecule has 3 atom stereocenters. The maximum Gasteiger partial charge on any atom is 0.310 e. The van der Waals surface area contributed by atoms with Crippen molar-refractivity contribution in [1.29, 1.82) is 0 Å². The minimum absolute atomic E-state index is 0.0941. The first kappa shape index (κ1) is 16.2. The number of likely N-dealkylation sites (N-methyl/N-ethyl adjacent to an activating group) is 1. The van der Waals surface area contributed by atoms with Gasteiger partial charge in [0.2, 0.25) is 5.91 Å². The van der Waals surface area contributed by atoms with Crippen molar-refractivity contribution >= 4 is 11.9 Å².